The quantitative estimate of drug-likeness (QED) is 0.365. The maximum atomic E-state index is 12.0. The van der Waals surface area contributed by atoms with E-state index in [2.05, 4.69) is 9.89 Å². The number of hydrogen-bond donors (Lipinski definition) is 2. The van der Waals surface area contributed by atoms with Crippen molar-refractivity contribution in [2.75, 3.05) is 0 Å². The zero-order valence-corrected chi connectivity index (χ0v) is 8.08. The van der Waals surface area contributed by atoms with E-state index in [9.17, 15) is 8.78 Å². The zero-order valence-electron chi connectivity index (χ0n) is 7.32. The molecule has 0 spiro atoms. The van der Waals surface area contributed by atoms with Crippen molar-refractivity contribution in [2.24, 2.45) is 10.9 Å². The predicted octanol–water partition coefficient (Wildman–Crippen LogP) is 2.04. The van der Waals surface area contributed by atoms with Crippen molar-refractivity contribution >= 4 is 17.4 Å². The molecule has 0 aliphatic heterocycles. The number of hydrogen-bond acceptors (Lipinski definition) is 3. The van der Waals surface area contributed by atoms with Gasteiger partial charge in [0.1, 0.15) is 5.75 Å². The number of rotatable bonds is 3. The van der Waals surface area contributed by atoms with Crippen molar-refractivity contribution in [2.45, 2.75) is 6.61 Å². The molecule has 0 fully saturated rings. The molecule has 15 heavy (non-hydrogen) atoms. The Bertz CT molecular complexity index is 385. The second-order valence-corrected chi connectivity index (χ2v) is 2.94. The number of nitrogens with zero attached hydrogens (tertiary/aromatic N) is 1. The molecule has 0 aromatic heterocycles. The molecular formula is C8H7ClF2N2O2. The topological polar surface area (TPSA) is 67.8 Å². The van der Waals surface area contributed by atoms with Crippen LogP contribution in [0.1, 0.15) is 5.56 Å². The fourth-order valence-electron chi connectivity index (χ4n) is 0.955. The second-order valence-electron chi connectivity index (χ2n) is 2.50. The summed E-state index contributed by atoms with van der Waals surface area (Å²) in [4.78, 5) is 0. The Morgan fingerprint density at radius 2 is 2.20 bits per heavy atom. The summed E-state index contributed by atoms with van der Waals surface area (Å²) in [5.41, 5.74) is 5.30. The molecule has 0 atom stereocenters. The highest BCUT2D eigenvalue weighted by atomic mass is 35.5. The van der Waals surface area contributed by atoms with E-state index < -0.39 is 6.61 Å². The summed E-state index contributed by atoms with van der Waals surface area (Å²) >= 11 is 5.58. The normalized spacial score (nSPS) is 11.9. The maximum absolute atomic E-state index is 12.0. The first kappa shape index (κ1) is 11.5. The third-order valence-corrected chi connectivity index (χ3v) is 1.78. The van der Waals surface area contributed by atoms with Gasteiger partial charge < -0.3 is 15.7 Å². The number of benzene rings is 1. The largest absolute Gasteiger partial charge is 0.434 e. The molecule has 3 N–H and O–H groups in total. The Morgan fingerprint density at radius 1 is 1.53 bits per heavy atom. The van der Waals surface area contributed by atoms with Crippen LogP contribution in [0.25, 0.3) is 0 Å². The van der Waals surface area contributed by atoms with Crippen LogP contribution in [-0.2, 0) is 0 Å². The fourth-order valence-corrected chi connectivity index (χ4v) is 1.12. The van der Waals surface area contributed by atoms with Gasteiger partial charge in [-0.2, -0.15) is 8.78 Å². The molecule has 0 bridgehead atoms. The van der Waals surface area contributed by atoms with Gasteiger partial charge in [0.25, 0.3) is 0 Å². The summed E-state index contributed by atoms with van der Waals surface area (Å²) in [7, 11) is 0. The standard InChI is InChI=1S/C8H7ClF2N2O2/c9-4-1-2-5(7(12)13-14)6(3-4)15-8(10)11/h1-3,8,14H,(H2,12,13). The van der Waals surface area contributed by atoms with Crippen LogP contribution in [-0.4, -0.2) is 17.7 Å². The van der Waals surface area contributed by atoms with Gasteiger partial charge >= 0.3 is 6.61 Å². The van der Waals surface area contributed by atoms with Gasteiger partial charge in [-0.15, -0.1) is 0 Å². The van der Waals surface area contributed by atoms with E-state index in [0.717, 1.165) is 6.07 Å². The Balaban J connectivity index is 3.14. The summed E-state index contributed by atoms with van der Waals surface area (Å²) in [5.74, 6) is -0.574. The third kappa shape index (κ3) is 2.95. The van der Waals surface area contributed by atoms with Crippen LogP contribution in [0.2, 0.25) is 5.02 Å². The van der Waals surface area contributed by atoms with Gasteiger partial charge in [-0.25, -0.2) is 0 Å². The lowest BCUT2D eigenvalue weighted by Crippen LogP contribution is -2.16. The summed E-state index contributed by atoms with van der Waals surface area (Å²) in [6, 6.07) is 3.88. The average Bonchev–Trinajstić information content (AvgIpc) is 2.16. The molecule has 0 heterocycles. The monoisotopic (exact) mass is 236 g/mol. The molecule has 0 aliphatic carbocycles. The van der Waals surface area contributed by atoms with Gasteiger partial charge in [-0.1, -0.05) is 16.8 Å². The molecule has 0 saturated heterocycles. The van der Waals surface area contributed by atoms with Crippen molar-refractivity contribution in [3.8, 4) is 5.75 Å². The van der Waals surface area contributed by atoms with Gasteiger partial charge in [0.2, 0.25) is 0 Å². The van der Waals surface area contributed by atoms with Gasteiger partial charge in [0.05, 0.1) is 5.56 Å². The van der Waals surface area contributed by atoms with Crippen LogP contribution in [0, 0.1) is 0 Å². The van der Waals surface area contributed by atoms with E-state index in [1.807, 2.05) is 0 Å². The lowest BCUT2D eigenvalue weighted by atomic mass is 10.2. The van der Waals surface area contributed by atoms with E-state index in [4.69, 9.17) is 22.5 Å². The Morgan fingerprint density at radius 3 is 2.73 bits per heavy atom. The molecule has 1 aromatic carbocycles. The first-order valence-electron chi connectivity index (χ1n) is 3.77. The van der Waals surface area contributed by atoms with Crippen LogP contribution >= 0.6 is 11.6 Å². The lowest BCUT2D eigenvalue weighted by molar-refractivity contribution is -0.0499. The van der Waals surface area contributed by atoms with Crippen LogP contribution < -0.4 is 10.5 Å². The minimum atomic E-state index is -3.01. The van der Waals surface area contributed by atoms with Gasteiger partial charge in [0.15, 0.2) is 5.84 Å². The highest BCUT2D eigenvalue weighted by Crippen LogP contribution is 2.24. The molecular weight excluding hydrogens is 230 g/mol. The first-order chi connectivity index (χ1) is 7.04. The van der Waals surface area contributed by atoms with Crippen molar-refractivity contribution in [1.29, 1.82) is 0 Å². The molecule has 0 saturated carbocycles. The lowest BCUT2D eigenvalue weighted by Gasteiger charge is -2.09. The van der Waals surface area contributed by atoms with Crippen molar-refractivity contribution in [1.82, 2.24) is 0 Å². The van der Waals surface area contributed by atoms with Gasteiger partial charge in [-0.3, -0.25) is 0 Å². The number of halogens is 3. The van der Waals surface area contributed by atoms with E-state index >= 15 is 0 Å². The fraction of sp³-hybridized carbons (Fsp3) is 0.125. The average molecular weight is 237 g/mol. The van der Waals surface area contributed by atoms with Crippen molar-refractivity contribution in [3.05, 3.63) is 28.8 Å². The smallest absolute Gasteiger partial charge is 0.387 e. The van der Waals surface area contributed by atoms with Crippen LogP contribution in [0.15, 0.2) is 23.4 Å². The van der Waals surface area contributed by atoms with E-state index in [1.165, 1.54) is 12.1 Å². The van der Waals surface area contributed by atoms with Crippen LogP contribution in [0.5, 0.6) is 5.75 Å². The highest BCUT2D eigenvalue weighted by molar-refractivity contribution is 6.30. The summed E-state index contributed by atoms with van der Waals surface area (Å²) < 4.78 is 28.1. The number of alkyl halides is 2. The number of oxime groups is 1. The summed E-state index contributed by atoms with van der Waals surface area (Å²) in [6.45, 7) is -3.01. The van der Waals surface area contributed by atoms with E-state index in [0.29, 0.717) is 0 Å². The molecule has 0 aliphatic rings. The highest BCUT2D eigenvalue weighted by Gasteiger charge is 2.13. The molecule has 1 rings (SSSR count). The Labute approximate surface area is 88.9 Å². The Kier molecular flexibility index (Phi) is 3.68. The van der Waals surface area contributed by atoms with Crippen LogP contribution in [0.3, 0.4) is 0 Å². The molecule has 82 valence electrons. The predicted molar refractivity (Wildman–Crippen MR) is 50.6 cm³/mol. The first-order valence-corrected chi connectivity index (χ1v) is 4.14. The molecule has 0 amide bonds. The zero-order chi connectivity index (χ0) is 11.4. The number of ether oxygens (including phenoxy) is 1. The minimum Gasteiger partial charge on any atom is -0.434 e. The van der Waals surface area contributed by atoms with E-state index in [-0.39, 0.29) is 22.2 Å². The molecule has 1 aromatic rings. The summed E-state index contributed by atoms with van der Waals surface area (Å²) in [6.07, 6.45) is 0. The van der Waals surface area contributed by atoms with Crippen LogP contribution in [0.4, 0.5) is 8.78 Å². The maximum Gasteiger partial charge on any atom is 0.387 e. The molecule has 0 radical (unpaired) electrons. The van der Waals surface area contributed by atoms with Gasteiger partial charge in [-0.05, 0) is 18.2 Å². The number of amidine groups is 1. The van der Waals surface area contributed by atoms with E-state index in [1.54, 1.807) is 0 Å². The molecule has 0 unspecified atom stereocenters. The molecule has 4 nitrogen and oxygen atoms in total. The summed E-state index contributed by atoms with van der Waals surface area (Å²) in [5, 5.41) is 11.3. The minimum absolute atomic E-state index is 0.0437. The van der Waals surface area contributed by atoms with Crippen molar-refractivity contribution in [3.63, 3.8) is 0 Å². The third-order valence-electron chi connectivity index (χ3n) is 1.54. The molecule has 7 heteroatoms. The van der Waals surface area contributed by atoms with Gasteiger partial charge in [0, 0.05) is 5.02 Å². The number of nitrogens with two attached hydrogens (primary N) is 1. The van der Waals surface area contributed by atoms with Crippen molar-refractivity contribution < 1.29 is 18.7 Å². The second kappa shape index (κ2) is 4.79. The Hall–Kier alpha value is -1.56. The SMILES string of the molecule is N/C(=N/O)c1ccc(Cl)cc1OC(F)F.